The lowest BCUT2D eigenvalue weighted by atomic mass is 9.97. The zero-order valence-corrected chi connectivity index (χ0v) is 76.6. The van der Waals surface area contributed by atoms with Crippen molar-refractivity contribution < 1.29 is 75.6 Å². The molecule has 4 aliphatic heterocycles. The zero-order chi connectivity index (χ0) is 98.7. The fraction of sp³-hybridized carbons (Fsp3) is 0.265. The number of hydrogen-bond acceptors (Lipinski definition) is 31. The molecule has 0 fully saturated rings. The summed E-state index contributed by atoms with van der Waals surface area (Å²) in [6.45, 7) is 31.3. The summed E-state index contributed by atoms with van der Waals surface area (Å²) in [7, 11) is 0. The fourth-order valence-corrected chi connectivity index (χ4v) is 16.7. The second-order valence-corrected chi connectivity index (χ2v) is 34.1. The van der Waals surface area contributed by atoms with Crippen molar-refractivity contribution in [2.45, 2.75) is 128 Å². The number of fused-ring (bicyclic) bond motifs is 10. The van der Waals surface area contributed by atoms with Gasteiger partial charge < -0.3 is 109 Å². The Morgan fingerprint density at radius 2 is 0.755 bits per heavy atom. The molecule has 41 heteroatoms. The molecule has 5 aromatic carbocycles. The Bertz CT molecular complexity index is 7380. The first kappa shape index (κ1) is 96.0. The Morgan fingerprint density at radius 3 is 1.12 bits per heavy atom. The summed E-state index contributed by atoms with van der Waals surface area (Å²) in [6, 6.07) is 23.7. The summed E-state index contributed by atoms with van der Waals surface area (Å²) < 4.78 is 114. The van der Waals surface area contributed by atoms with Gasteiger partial charge in [0.05, 0.1) is 89.0 Å². The maximum atomic E-state index is 14.2. The van der Waals surface area contributed by atoms with Crippen LogP contribution in [0.1, 0.15) is 156 Å². The SMILES string of the molecule is C=C(O)c1cnn2ccc(NC(C)c3cc(F)cc4c3OC[C@H](CN)O4)nc12.C=C(O)c1cnn2ccc(N[C@H](C)c3cc(F)cc4c3OC(C)(CN)C4)nc12.C=C(O)c1cnn2ccc(N[C@H](C)c3cc(F)cc4c3OC(CCN)C4)nc12.C=C(O)c1cnn2ccc(N[C@H](C)c3cc(F)cc4c3OC(CN)C4)nc12.C=C(O)c1cnn2ccc(N[C@H](C)c3cc(F)cc4cc(CCN)oc34)nc12. The van der Waals surface area contributed by atoms with E-state index in [4.69, 9.17) is 56.8 Å². The number of furan rings is 1. The molecule has 0 aliphatic carbocycles. The molecule has 0 saturated carbocycles. The molecule has 11 aromatic heterocycles. The normalized spacial score (nSPS) is 16.4. The summed E-state index contributed by atoms with van der Waals surface area (Å²) >= 11 is 0. The lowest BCUT2D eigenvalue weighted by molar-refractivity contribution is 0.0949. The second kappa shape index (κ2) is 40.4. The molecular weight excluding hydrogens is 1800 g/mol. The molecule has 0 radical (unpaired) electrons. The van der Waals surface area contributed by atoms with Gasteiger partial charge >= 0.3 is 0 Å². The number of nitrogens with two attached hydrogens (primary N) is 5. The highest BCUT2D eigenvalue weighted by molar-refractivity contribution is 5.83. The van der Waals surface area contributed by atoms with Crippen molar-refractivity contribution in [1.82, 2.24) is 73.0 Å². The highest BCUT2D eigenvalue weighted by Crippen LogP contribution is 2.45. The van der Waals surface area contributed by atoms with E-state index >= 15 is 0 Å². The van der Waals surface area contributed by atoms with Crippen LogP contribution in [0.3, 0.4) is 0 Å². The molecule has 722 valence electrons. The molecule has 9 atom stereocenters. The number of nitrogens with one attached hydrogen (secondary N) is 5. The molecule has 4 unspecified atom stereocenters. The van der Waals surface area contributed by atoms with Crippen LogP contribution in [0, 0.1) is 29.1 Å². The number of ether oxygens (including phenoxy) is 5. The maximum Gasteiger partial charge on any atom is 0.168 e. The largest absolute Gasteiger partial charge is 0.508 e. The van der Waals surface area contributed by atoms with E-state index < -0.39 is 11.4 Å². The Kier molecular flexibility index (Phi) is 27.9. The van der Waals surface area contributed by atoms with Crippen LogP contribution in [0.4, 0.5) is 51.0 Å². The number of anilines is 5. The zero-order valence-electron chi connectivity index (χ0n) is 76.6. The minimum absolute atomic E-state index is 0.0212. The standard InChI is InChI=1S/2C20H22FN5O2.C20H20FN5O2.C19H20FN5O3.C19H20FN5O2/c1-11(15-7-14(21)6-13-8-20(3,10-22)28-18(13)15)24-17-4-5-26-19(25-17)16(9-23-26)12(2)27;2*1-11(16-9-14(21)7-13-8-15(3-5-22)28-19(13)16)24-18-4-6-26-20(25-18)17(10-23-26)12(2)27;1-10(14-5-12(20)6-16-18(14)27-9-13(7-21)28-16)23-17-3-4-25-19(24-17)15(8-22-25)11(2)26;1-10(15-7-13(20)5-12-6-14(8-21)27-18(12)15)23-17-3-4-25-19(24-17)16(9-22-25)11(2)26/h4-7,9,11,27H,2,8,10,22H2,1,3H3,(H,24,25);4,6-7,9-11,15,27H,2-3,5,8,22H2,1H3,(H,24,25);4,6-11,27H,2-3,5,22H2,1H3,(H,24,25);3-6,8,10,13,26H,2,7,9,21H2,1H3,(H,23,24);3-5,7,9-10,14,26H,2,6,8,21H2,1H3,(H,23,24)/t11-,20?;11-,15?;11-;10?,13-;10-,14?/m11101/s1. The lowest BCUT2D eigenvalue weighted by Crippen LogP contribution is -2.39. The third-order valence-corrected chi connectivity index (χ3v) is 23.7. The van der Waals surface area contributed by atoms with Gasteiger partial charge in [0.2, 0.25) is 0 Å². The van der Waals surface area contributed by atoms with E-state index in [1.807, 2.05) is 47.6 Å². The van der Waals surface area contributed by atoms with Crippen molar-refractivity contribution in [2.24, 2.45) is 28.7 Å². The molecule has 0 spiro atoms. The van der Waals surface area contributed by atoms with Crippen LogP contribution >= 0.6 is 0 Å². The number of aliphatic hydroxyl groups is 5. The topological polar surface area (TPSA) is 502 Å². The molecule has 139 heavy (non-hydrogen) atoms. The fourth-order valence-electron chi connectivity index (χ4n) is 16.7. The minimum Gasteiger partial charge on any atom is -0.508 e. The summed E-state index contributed by atoms with van der Waals surface area (Å²) in [5.41, 5.74) is 39.0. The quantitative estimate of drug-likeness (QED) is 0.0168. The monoisotopic (exact) mass is 1900 g/mol. The third kappa shape index (κ3) is 20.8. The van der Waals surface area contributed by atoms with Crippen molar-refractivity contribution >= 4 is 97.1 Å². The number of halogens is 5. The van der Waals surface area contributed by atoms with Crippen LogP contribution in [-0.4, -0.2) is 162 Å². The van der Waals surface area contributed by atoms with Crippen LogP contribution in [0.15, 0.2) is 196 Å². The van der Waals surface area contributed by atoms with Gasteiger partial charge in [-0.15, -0.1) is 0 Å². The van der Waals surface area contributed by atoms with Crippen LogP contribution in [0.25, 0.3) is 68.0 Å². The molecule has 16 aromatic rings. The van der Waals surface area contributed by atoms with E-state index in [1.54, 1.807) is 79.4 Å². The van der Waals surface area contributed by atoms with E-state index in [0.717, 1.165) is 40.2 Å². The summed E-state index contributed by atoms with van der Waals surface area (Å²) in [4.78, 5) is 22.4. The Hall–Kier alpha value is -16.1. The van der Waals surface area contributed by atoms with Crippen LogP contribution in [0.2, 0.25) is 0 Å². The average Bonchev–Trinajstić information content (AvgIpc) is 1.67. The Morgan fingerprint density at radius 1 is 0.417 bits per heavy atom. The maximum absolute atomic E-state index is 14.2. The van der Waals surface area contributed by atoms with Gasteiger partial charge in [-0.3, -0.25) is 0 Å². The molecule has 0 amide bonds. The van der Waals surface area contributed by atoms with Crippen molar-refractivity contribution in [3.63, 3.8) is 0 Å². The highest BCUT2D eigenvalue weighted by atomic mass is 19.1. The average molecular weight is 1900 g/mol. The van der Waals surface area contributed by atoms with Gasteiger partial charge in [0.1, 0.15) is 146 Å². The molecule has 20 rings (SSSR count). The van der Waals surface area contributed by atoms with Gasteiger partial charge in [0.25, 0.3) is 0 Å². The van der Waals surface area contributed by atoms with Crippen molar-refractivity contribution in [2.75, 3.05) is 65.9 Å². The van der Waals surface area contributed by atoms with E-state index in [-0.39, 0.29) is 107 Å². The predicted molar refractivity (Wildman–Crippen MR) is 518 cm³/mol. The lowest BCUT2D eigenvalue weighted by Gasteiger charge is -2.29. The molecule has 20 N–H and O–H groups in total. The highest BCUT2D eigenvalue weighted by Gasteiger charge is 2.38. The molecule has 0 bridgehead atoms. The first-order chi connectivity index (χ1) is 66.6. The van der Waals surface area contributed by atoms with Gasteiger partial charge in [-0.05, 0) is 152 Å². The van der Waals surface area contributed by atoms with Gasteiger partial charge in [-0.1, -0.05) is 32.9 Å². The molecular formula is C98H104F5N25O11. The van der Waals surface area contributed by atoms with E-state index in [9.17, 15) is 47.5 Å². The van der Waals surface area contributed by atoms with Crippen molar-refractivity contribution in [1.29, 1.82) is 0 Å². The number of hydrogen-bond donors (Lipinski definition) is 15. The Balaban J connectivity index is 0.000000125. The van der Waals surface area contributed by atoms with Gasteiger partial charge in [-0.25, -0.2) is 69.4 Å². The second-order valence-electron chi connectivity index (χ2n) is 34.1. The molecule has 0 saturated heterocycles. The van der Waals surface area contributed by atoms with Crippen LogP contribution in [0.5, 0.6) is 28.7 Å². The molecule has 4 aliphatic rings. The summed E-state index contributed by atoms with van der Waals surface area (Å²) in [5, 5.41) is 86.0. The molecule has 15 heterocycles. The first-order valence-electron chi connectivity index (χ1n) is 44.4. The third-order valence-electron chi connectivity index (χ3n) is 23.7. The number of aromatic nitrogens is 15. The number of rotatable bonds is 27. The predicted octanol–water partition coefficient (Wildman–Crippen LogP) is 15.8. The van der Waals surface area contributed by atoms with Gasteiger partial charge in [-0.2, -0.15) is 25.5 Å². The van der Waals surface area contributed by atoms with E-state index in [2.05, 4.69) is 110 Å². The van der Waals surface area contributed by atoms with E-state index in [0.29, 0.717) is 200 Å². The van der Waals surface area contributed by atoms with Crippen molar-refractivity contribution in [3.05, 3.63) is 299 Å². The van der Waals surface area contributed by atoms with E-state index in [1.165, 1.54) is 96.2 Å². The number of aliphatic hydroxyl groups excluding tert-OH is 5. The first-order valence-corrected chi connectivity index (χ1v) is 44.4. The molecule has 36 nitrogen and oxygen atoms in total. The van der Waals surface area contributed by atoms with Crippen LogP contribution < -0.4 is 78.9 Å². The smallest absolute Gasteiger partial charge is 0.168 e. The minimum atomic E-state index is -0.532. The Labute approximate surface area is 792 Å². The van der Waals surface area contributed by atoms with Gasteiger partial charge in [0.15, 0.2) is 39.7 Å². The summed E-state index contributed by atoms with van der Waals surface area (Å²) in [6.07, 6.45) is 18.8. The summed E-state index contributed by atoms with van der Waals surface area (Å²) in [5.74, 6) is 4.15. The number of benzene rings is 5. The van der Waals surface area contributed by atoms with Crippen LogP contribution in [-0.2, 0) is 25.7 Å². The van der Waals surface area contributed by atoms with Gasteiger partial charge in [0, 0.05) is 132 Å². The number of nitrogens with zero attached hydrogens (tertiary/aromatic N) is 15. The van der Waals surface area contributed by atoms with Crippen molar-refractivity contribution in [3.8, 4) is 28.7 Å².